The average Bonchev–Trinajstić information content (AvgIpc) is 2.75. The Hall–Kier alpha value is -1.71. The molecule has 0 atom stereocenters. The molecule has 164 valence electrons. The maximum Gasteiger partial charge on any atom is 0.309 e. The average molecular weight is 411 g/mol. The first kappa shape index (κ1) is 22.0. The molecule has 0 N–H and O–H groups in total. The van der Waals surface area contributed by atoms with Gasteiger partial charge in [-0.25, -0.2) is 0 Å². The van der Waals surface area contributed by atoms with Crippen LogP contribution in [0, 0.1) is 5.92 Å². The number of carbonyl (C=O) groups excluding carboxylic acids is 3. The van der Waals surface area contributed by atoms with Crippen LogP contribution in [0.4, 0.5) is 0 Å². The van der Waals surface area contributed by atoms with E-state index in [4.69, 9.17) is 9.47 Å². The number of rotatable bonds is 6. The van der Waals surface area contributed by atoms with Crippen LogP contribution < -0.4 is 0 Å². The number of morpholine rings is 1. The van der Waals surface area contributed by atoms with E-state index in [9.17, 15) is 14.4 Å². The molecular formula is C20H34N4O5. The third kappa shape index (κ3) is 6.38. The van der Waals surface area contributed by atoms with Gasteiger partial charge in [0.1, 0.15) is 0 Å². The molecule has 3 aliphatic rings. The first-order valence-corrected chi connectivity index (χ1v) is 10.8. The SMILES string of the molecule is CCOC(=O)C1CCN(C(=O)CN2CCN(C(=O)CN3CCOCC3)CC2)CC1. The summed E-state index contributed by atoms with van der Waals surface area (Å²) < 4.78 is 10.4. The van der Waals surface area contributed by atoms with Gasteiger partial charge < -0.3 is 19.3 Å². The second-order valence-electron chi connectivity index (χ2n) is 7.95. The number of hydrogen-bond acceptors (Lipinski definition) is 7. The van der Waals surface area contributed by atoms with Crippen LogP contribution in [0.2, 0.25) is 0 Å². The molecule has 0 unspecified atom stereocenters. The van der Waals surface area contributed by atoms with Gasteiger partial charge in [-0.05, 0) is 19.8 Å². The zero-order valence-corrected chi connectivity index (χ0v) is 17.5. The lowest BCUT2D eigenvalue weighted by Crippen LogP contribution is -2.54. The molecule has 0 aromatic heterocycles. The van der Waals surface area contributed by atoms with Gasteiger partial charge in [-0.2, -0.15) is 0 Å². The number of piperazine rings is 1. The smallest absolute Gasteiger partial charge is 0.309 e. The predicted octanol–water partition coefficient (Wildman–Crippen LogP) is -0.735. The van der Waals surface area contributed by atoms with E-state index >= 15 is 0 Å². The van der Waals surface area contributed by atoms with Gasteiger partial charge in [-0.1, -0.05) is 0 Å². The molecule has 9 nitrogen and oxygen atoms in total. The number of likely N-dealkylation sites (tertiary alicyclic amines) is 1. The Morgan fingerprint density at radius 3 is 1.86 bits per heavy atom. The highest BCUT2D eigenvalue weighted by atomic mass is 16.5. The van der Waals surface area contributed by atoms with Gasteiger partial charge in [0.25, 0.3) is 0 Å². The first-order chi connectivity index (χ1) is 14.1. The van der Waals surface area contributed by atoms with E-state index in [1.807, 2.05) is 16.7 Å². The van der Waals surface area contributed by atoms with Gasteiger partial charge >= 0.3 is 5.97 Å². The molecule has 9 heteroatoms. The number of ether oxygens (including phenoxy) is 2. The highest BCUT2D eigenvalue weighted by molar-refractivity contribution is 5.80. The third-order valence-corrected chi connectivity index (χ3v) is 6.01. The van der Waals surface area contributed by atoms with Crippen molar-refractivity contribution in [2.24, 2.45) is 5.92 Å². The molecule has 0 aromatic carbocycles. The highest BCUT2D eigenvalue weighted by Crippen LogP contribution is 2.19. The summed E-state index contributed by atoms with van der Waals surface area (Å²) in [7, 11) is 0. The van der Waals surface area contributed by atoms with Crippen LogP contribution in [0.25, 0.3) is 0 Å². The van der Waals surface area contributed by atoms with Crippen molar-refractivity contribution in [3.05, 3.63) is 0 Å². The van der Waals surface area contributed by atoms with Crippen molar-refractivity contribution in [1.29, 1.82) is 0 Å². The highest BCUT2D eigenvalue weighted by Gasteiger charge is 2.30. The first-order valence-electron chi connectivity index (χ1n) is 10.8. The Labute approximate surface area is 172 Å². The summed E-state index contributed by atoms with van der Waals surface area (Å²) in [5.41, 5.74) is 0. The molecule has 2 amide bonds. The Balaban J connectivity index is 1.34. The van der Waals surface area contributed by atoms with Crippen LogP contribution in [0.5, 0.6) is 0 Å². The molecule has 0 bridgehead atoms. The van der Waals surface area contributed by atoms with Crippen molar-refractivity contribution in [2.75, 3.05) is 85.3 Å². The van der Waals surface area contributed by atoms with Gasteiger partial charge in [0.15, 0.2) is 0 Å². The van der Waals surface area contributed by atoms with Crippen LogP contribution in [-0.2, 0) is 23.9 Å². The van der Waals surface area contributed by atoms with E-state index in [0.717, 1.165) is 26.2 Å². The standard InChI is InChI=1S/C20H34N4O5/c1-2-29-20(27)17-3-5-23(6-4-17)18(25)15-21-7-9-24(10-8-21)19(26)16-22-11-13-28-14-12-22/h17H,2-16H2,1H3. The predicted molar refractivity (Wildman–Crippen MR) is 106 cm³/mol. The lowest BCUT2D eigenvalue weighted by atomic mass is 9.97. The molecule has 3 fully saturated rings. The molecule has 0 aromatic rings. The molecule has 0 saturated carbocycles. The number of amides is 2. The number of piperidine rings is 1. The van der Waals surface area contributed by atoms with Crippen molar-refractivity contribution in [3.8, 4) is 0 Å². The van der Waals surface area contributed by atoms with Crippen molar-refractivity contribution in [1.82, 2.24) is 19.6 Å². The normalized spacial score (nSPS) is 22.5. The zero-order valence-electron chi connectivity index (χ0n) is 17.5. The van der Waals surface area contributed by atoms with Crippen LogP contribution in [-0.4, -0.2) is 123 Å². The topological polar surface area (TPSA) is 82.6 Å². The quantitative estimate of drug-likeness (QED) is 0.534. The van der Waals surface area contributed by atoms with E-state index in [0.29, 0.717) is 71.9 Å². The van der Waals surface area contributed by atoms with Crippen molar-refractivity contribution >= 4 is 17.8 Å². The van der Waals surface area contributed by atoms with Crippen LogP contribution in [0.15, 0.2) is 0 Å². The van der Waals surface area contributed by atoms with Gasteiger partial charge in [-0.3, -0.25) is 24.2 Å². The fraction of sp³-hybridized carbons (Fsp3) is 0.850. The fourth-order valence-electron chi connectivity index (χ4n) is 4.12. The Kier molecular flexibility index (Phi) is 8.26. The molecule has 0 spiro atoms. The van der Waals surface area contributed by atoms with E-state index < -0.39 is 0 Å². The Bertz CT molecular complexity index is 565. The number of carbonyl (C=O) groups is 3. The summed E-state index contributed by atoms with van der Waals surface area (Å²) in [6.45, 7) is 10.1. The molecule has 0 radical (unpaired) electrons. The third-order valence-electron chi connectivity index (χ3n) is 6.01. The number of esters is 1. The number of hydrogen-bond donors (Lipinski definition) is 0. The maximum atomic E-state index is 12.6. The van der Waals surface area contributed by atoms with Crippen molar-refractivity contribution < 1.29 is 23.9 Å². The maximum absolute atomic E-state index is 12.6. The van der Waals surface area contributed by atoms with Crippen LogP contribution >= 0.6 is 0 Å². The molecule has 3 rings (SSSR count). The minimum atomic E-state index is -0.141. The Morgan fingerprint density at radius 2 is 1.31 bits per heavy atom. The summed E-state index contributed by atoms with van der Waals surface area (Å²) in [6.07, 6.45) is 1.35. The van der Waals surface area contributed by atoms with Crippen LogP contribution in [0.3, 0.4) is 0 Å². The lowest BCUT2D eigenvalue weighted by Gasteiger charge is -2.37. The van der Waals surface area contributed by atoms with Crippen LogP contribution in [0.1, 0.15) is 19.8 Å². The second kappa shape index (κ2) is 10.9. The van der Waals surface area contributed by atoms with Gasteiger partial charge in [0.2, 0.25) is 11.8 Å². The molecule has 3 aliphatic heterocycles. The fourth-order valence-corrected chi connectivity index (χ4v) is 4.12. The summed E-state index contributed by atoms with van der Waals surface area (Å²) in [6, 6.07) is 0. The largest absolute Gasteiger partial charge is 0.466 e. The molecule has 3 saturated heterocycles. The van der Waals surface area contributed by atoms with Crippen molar-refractivity contribution in [3.63, 3.8) is 0 Å². The molecule has 29 heavy (non-hydrogen) atoms. The van der Waals surface area contributed by atoms with E-state index in [1.165, 1.54) is 0 Å². The number of nitrogens with zero attached hydrogens (tertiary/aromatic N) is 4. The summed E-state index contributed by atoms with van der Waals surface area (Å²) in [5, 5.41) is 0. The second-order valence-corrected chi connectivity index (χ2v) is 7.95. The summed E-state index contributed by atoms with van der Waals surface area (Å²) in [5.74, 6) is 0.0526. The van der Waals surface area contributed by atoms with Gasteiger partial charge in [0, 0.05) is 52.4 Å². The van der Waals surface area contributed by atoms with Gasteiger partial charge in [-0.15, -0.1) is 0 Å². The van der Waals surface area contributed by atoms with E-state index in [2.05, 4.69) is 9.80 Å². The Morgan fingerprint density at radius 1 is 0.793 bits per heavy atom. The molecule has 3 heterocycles. The summed E-state index contributed by atoms with van der Waals surface area (Å²) in [4.78, 5) is 45.0. The van der Waals surface area contributed by atoms with Crippen molar-refractivity contribution in [2.45, 2.75) is 19.8 Å². The minimum Gasteiger partial charge on any atom is -0.466 e. The lowest BCUT2D eigenvalue weighted by molar-refractivity contribution is -0.151. The monoisotopic (exact) mass is 410 g/mol. The van der Waals surface area contributed by atoms with Gasteiger partial charge in [0.05, 0.1) is 38.8 Å². The zero-order chi connectivity index (χ0) is 20.6. The van der Waals surface area contributed by atoms with E-state index in [1.54, 1.807) is 0 Å². The summed E-state index contributed by atoms with van der Waals surface area (Å²) >= 11 is 0. The van der Waals surface area contributed by atoms with E-state index in [-0.39, 0.29) is 23.7 Å². The molecule has 0 aliphatic carbocycles. The minimum absolute atomic E-state index is 0.0833. The molecular weight excluding hydrogens is 376 g/mol.